The Labute approximate surface area is 125 Å². The lowest BCUT2D eigenvalue weighted by atomic mass is 9.98. The molecule has 1 amide bonds. The van der Waals surface area contributed by atoms with Crippen molar-refractivity contribution >= 4 is 5.91 Å². The fourth-order valence-electron chi connectivity index (χ4n) is 2.10. The van der Waals surface area contributed by atoms with E-state index in [0.29, 0.717) is 18.0 Å². The van der Waals surface area contributed by atoms with Gasteiger partial charge in [0.15, 0.2) is 0 Å². The lowest BCUT2D eigenvalue weighted by Crippen LogP contribution is -2.25. The quantitative estimate of drug-likeness (QED) is 0.887. The molecule has 0 saturated carbocycles. The fourth-order valence-corrected chi connectivity index (χ4v) is 2.10. The molecule has 1 N–H and O–H groups in total. The minimum absolute atomic E-state index is 0.0787. The molecule has 0 fully saturated rings. The number of nitrogens with zero attached hydrogens (tertiary/aromatic N) is 1. The van der Waals surface area contributed by atoms with Gasteiger partial charge in [-0.1, -0.05) is 19.1 Å². The summed E-state index contributed by atoms with van der Waals surface area (Å²) < 4.78 is 5.15. The van der Waals surface area contributed by atoms with Gasteiger partial charge in [-0.25, -0.2) is 0 Å². The molecule has 1 aromatic heterocycles. The summed E-state index contributed by atoms with van der Waals surface area (Å²) in [4.78, 5) is 15.8. The Balaban J connectivity index is 1.81. The van der Waals surface area contributed by atoms with Crippen molar-refractivity contribution in [1.82, 2.24) is 10.3 Å². The van der Waals surface area contributed by atoms with E-state index in [1.54, 1.807) is 31.6 Å². The highest BCUT2D eigenvalue weighted by molar-refractivity contribution is 5.93. The molecule has 0 spiro atoms. The predicted molar refractivity (Wildman–Crippen MR) is 82.6 cm³/mol. The molecule has 0 aliphatic rings. The SMILES string of the molecule is COc1ccc([C@@H](C)CCNC(=O)c2cccnc2)cc1. The summed E-state index contributed by atoms with van der Waals surface area (Å²) in [5.74, 6) is 1.16. The van der Waals surface area contributed by atoms with Gasteiger partial charge in [-0.05, 0) is 42.2 Å². The molecule has 2 aromatic rings. The fraction of sp³-hybridized carbons (Fsp3) is 0.294. The molecule has 4 nitrogen and oxygen atoms in total. The number of hydrogen-bond acceptors (Lipinski definition) is 3. The van der Waals surface area contributed by atoms with E-state index in [1.807, 2.05) is 12.1 Å². The summed E-state index contributed by atoms with van der Waals surface area (Å²) >= 11 is 0. The summed E-state index contributed by atoms with van der Waals surface area (Å²) in [7, 11) is 1.66. The van der Waals surface area contributed by atoms with Crippen molar-refractivity contribution in [3.63, 3.8) is 0 Å². The molecule has 0 unspecified atom stereocenters. The molecule has 2 rings (SSSR count). The number of methoxy groups -OCH3 is 1. The van der Waals surface area contributed by atoms with Gasteiger partial charge in [-0.2, -0.15) is 0 Å². The number of benzene rings is 1. The summed E-state index contributed by atoms with van der Waals surface area (Å²) in [5, 5.41) is 2.92. The van der Waals surface area contributed by atoms with E-state index in [1.165, 1.54) is 5.56 Å². The maximum absolute atomic E-state index is 11.9. The maximum Gasteiger partial charge on any atom is 0.252 e. The second-order valence-corrected chi connectivity index (χ2v) is 4.96. The van der Waals surface area contributed by atoms with Crippen LogP contribution in [0, 0.1) is 0 Å². The third-order valence-electron chi connectivity index (χ3n) is 3.47. The Morgan fingerprint density at radius 3 is 2.67 bits per heavy atom. The number of aromatic nitrogens is 1. The Bertz CT molecular complexity index is 567. The number of rotatable bonds is 6. The highest BCUT2D eigenvalue weighted by Gasteiger charge is 2.08. The number of hydrogen-bond donors (Lipinski definition) is 1. The number of carbonyl (C=O) groups excluding carboxylic acids is 1. The van der Waals surface area contributed by atoms with E-state index in [2.05, 4.69) is 29.4 Å². The van der Waals surface area contributed by atoms with Crippen molar-refractivity contribution in [3.8, 4) is 5.75 Å². The van der Waals surface area contributed by atoms with Crippen LogP contribution in [0.2, 0.25) is 0 Å². The van der Waals surface area contributed by atoms with Gasteiger partial charge in [-0.3, -0.25) is 9.78 Å². The van der Waals surface area contributed by atoms with Crippen molar-refractivity contribution in [2.75, 3.05) is 13.7 Å². The summed E-state index contributed by atoms with van der Waals surface area (Å²) in [6.07, 6.45) is 4.11. The van der Waals surface area contributed by atoms with Crippen LogP contribution in [0.15, 0.2) is 48.8 Å². The van der Waals surface area contributed by atoms with Crippen LogP contribution in [-0.2, 0) is 0 Å². The normalized spacial score (nSPS) is 11.7. The van der Waals surface area contributed by atoms with Crippen LogP contribution in [0.4, 0.5) is 0 Å². The van der Waals surface area contributed by atoms with E-state index >= 15 is 0 Å². The van der Waals surface area contributed by atoms with Crippen LogP contribution in [0.5, 0.6) is 5.75 Å². The van der Waals surface area contributed by atoms with E-state index in [-0.39, 0.29) is 5.91 Å². The molecule has 0 saturated heterocycles. The van der Waals surface area contributed by atoms with Gasteiger partial charge < -0.3 is 10.1 Å². The van der Waals surface area contributed by atoms with Crippen LogP contribution in [0.25, 0.3) is 0 Å². The Kier molecular flexibility index (Phi) is 5.32. The molecule has 1 aromatic carbocycles. The zero-order chi connectivity index (χ0) is 15.1. The average Bonchev–Trinajstić information content (AvgIpc) is 2.55. The minimum atomic E-state index is -0.0787. The van der Waals surface area contributed by atoms with Gasteiger partial charge in [-0.15, -0.1) is 0 Å². The Morgan fingerprint density at radius 2 is 2.05 bits per heavy atom. The molecule has 0 radical (unpaired) electrons. The Hall–Kier alpha value is -2.36. The second-order valence-electron chi connectivity index (χ2n) is 4.96. The van der Waals surface area contributed by atoms with Crippen LogP contribution in [-0.4, -0.2) is 24.5 Å². The first-order valence-electron chi connectivity index (χ1n) is 7.03. The van der Waals surface area contributed by atoms with Gasteiger partial charge in [0.05, 0.1) is 12.7 Å². The van der Waals surface area contributed by atoms with Crippen LogP contribution >= 0.6 is 0 Å². The standard InChI is InChI=1S/C17H20N2O2/c1-13(14-5-7-16(21-2)8-6-14)9-11-19-17(20)15-4-3-10-18-12-15/h3-8,10,12-13H,9,11H2,1-2H3,(H,19,20)/t13-/m0/s1. The average molecular weight is 284 g/mol. The van der Waals surface area contributed by atoms with Crippen LogP contribution < -0.4 is 10.1 Å². The largest absolute Gasteiger partial charge is 0.497 e. The van der Waals surface area contributed by atoms with Crippen molar-refractivity contribution < 1.29 is 9.53 Å². The summed E-state index contributed by atoms with van der Waals surface area (Å²) in [6.45, 7) is 2.79. The number of pyridine rings is 1. The molecule has 1 atom stereocenters. The van der Waals surface area contributed by atoms with Crippen molar-refractivity contribution in [2.45, 2.75) is 19.3 Å². The predicted octanol–water partition coefficient (Wildman–Crippen LogP) is 3.01. The Morgan fingerprint density at radius 1 is 1.29 bits per heavy atom. The van der Waals surface area contributed by atoms with Gasteiger partial charge in [0.25, 0.3) is 5.91 Å². The lowest BCUT2D eigenvalue weighted by molar-refractivity contribution is 0.0952. The first-order chi connectivity index (χ1) is 10.2. The first kappa shape index (κ1) is 15.0. The molecule has 4 heteroatoms. The lowest BCUT2D eigenvalue weighted by Gasteiger charge is -2.13. The zero-order valence-electron chi connectivity index (χ0n) is 12.4. The molecule has 110 valence electrons. The van der Waals surface area contributed by atoms with E-state index in [0.717, 1.165) is 12.2 Å². The van der Waals surface area contributed by atoms with Crippen LogP contribution in [0.1, 0.15) is 35.2 Å². The third kappa shape index (κ3) is 4.31. The van der Waals surface area contributed by atoms with Crippen molar-refractivity contribution in [1.29, 1.82) is 0 Å². The first-order valence-corrected chi connectivity index (χ1v) is 7.03. The van der Waals surface area contributed by atoms with Gasteiger partial charge >= 0.3 is 0 Å². The molecule has 1 heterocycles. The molecular formula is C17H20N2O2. The molecule has 0 bridgehead atoms. The maximum atomic E-state index is 11.9. The number of amides is 1. The van der Waals surface area contributed by atoms with E-state index in [4.69, 9.17) is 4.74 Å². The smallest absolute Gasteiger partial charge is 0.252 e. The zero-order valence-corrected chi connectivity index (χ0v) is 12.4. The third-order valence-corrected chi connectivity index (χ3v) is 3.47. The number of nitrogens with one attached hydrogen (secondary N) is 1. The van der Waals surface area contributed by atoms with Crippen LogP contribution in [0.3, 0.4) is 0 Å². The topological polar surface area (TPSA) is 51.2 Å². The number of carbonyl (C=O) groups is 1. The van der Waals surface area contributed by atoms with E-state index in [9.17, 15) is 4.79 Å². The molecule has 0 aliphatic heterocycles. The summed E-state index contributed by atoms with van der Waals surface area (Å²) in [6, 6.07) is 11.6. The highest BCUT2D eigenvalue weighted by Crippen LogP contribution is 2.21. The minimum Gasteiger partial charge on any atom is -0.497 e. The molecular weight excluding hydrogens is 264 g/mol. The number of ether oxygens (including phenoxy) is 1. The molecule has 21 heavy (non-hydrogen) atoms. The van der Waals surface area contributed by atoms with Gasteiger partial charge in [0.1, 0.15) is 5.75 Å². The second kappa shape index (κ2) is 7.43. The van der Waals surface area contributed by atoms with Gasteiger partial charge in [0.2, 0.25) is 0 Å². The van der Waals surface area contributed by atoms with Gasteiger partial charge in [0, 0.05) is 18.9 Å². The van der Waals surface area contributed by atoms with E-state index < -0.39 is 0 Å². The molecule has 0 aliphatic carbocycles. The highest BCUT2D eigenvalue weighted by atomic mass is 16.5. The monoisotopic (exact) mass is 284 g/mol. The van der Waals surface area contributed by atoms with Crippen molar-refractivity contribution in [3.05, 3.63) is 59.9 Å². The van der Waals surface area contributed by atoms with Crippen molar-refractivity contribution in [2.24, 2.45) is 0 Å². The summed E-state index contributed by atoms with van der Waals surface area (Å²) in [5.41, 5.74) is 1.83.